The summed E-state index contributed by atoms with van der Waals surface area (Å²) in [5.41, 5.74) is 3.10. The molecule has 0 bridgehead atoms. The van der Waals surface area contributed by atoms with Crippen molar-refractivity contribution in [3.63, 3.8) is 0 Å². The van der Waals surface area contributed by atoms with E-state index in [0.29, 0.717) is 17.0 Å². The Morgan fingerprint density at radius 2 is 2.16 bits per heavy atom. The van der Waals surface area contributed by atoms with Crippen molar-refractivity contribution in [2.24, 2.45) is 0 Å². The van der Waals surface area contributed by atoms with Crippen LogP contribution < -0.4 is 9.47 Å². The molecule has 0 N–H and O–H groups in total. The summed E-state index contributed by atoms with van der Waals surface area (Å²) in [5, 5.41) is 2.01. The van der Waals surface area contributed by atoms with E-state index in [1.165, 1.54) is 0 Å². The summed E-state index contributed by atoms with van der Waals surface area (Å²) >= 11 is 1.62. The number of esters is 1. The van der Waals surface area contributed by atoms with Gasteiger partial charge in [-0.15, -0.1) is 11.3 Å². The van der Waals surface area contributed by atoms with Gasteiger partial charge in [0.05, 0.1) is 28.4 Å². The summed E-state index contributed by atoms with van der Waals surface area (Å²) in [6, 6.07) is 13.2. The number of aryl methyl sites for hydroxylation is 2. The molecule has 0 radical (unpaired) electrons. The smallest absolute Gasteiger partial charge is 0.345 e. The van der Waals surface area contributed by atoms with E-state index in [2.05, 4.69) is 4.98 Å². The maximum absolute atomic E-state index is 12.5. The first-order chi connectivity index (χ1) is 12.2. The van der Waals surface area contributed by atoms with Gasteiger partial charge in [-0.3, -0.25) is 4.98 Å². The average molecular weight is 351 g/mol. The molecule has 0 atom stereocenters. The Bertz CT molecular complexity index is 919. The van der Waals surface area contributed by atoms with Crippen LogP contribution in [0, 0.1) is 6.92 Å². The van der Waals surface area contributed by atoms with Crippen molar-refractivity contribution in [2.75, 3.05) is 6.61 Å². The summed E-state index contributed by atoms with van der Waals surface area (Å²) < 4.78 is 11.1. The lowest BCUT2D eigenvalue weighted by atomic mass is 10.1. The zero-order valence-corrected chi connectivity index (χ0v) is 14.6. The number of carbonyl (C=O) groups is 1. The van der Waals surface area contributed by atoms with Crippen LogP contribution >= 0.6 is 11.3 Å². The van der Waals surface area contributed by atoms with Crippen LogP contribution in [0.2, 0.25) is 0 Å². The van der Waals surface area contributed by atoms with Gasteiger partial charge in [-0.25, -0.2) is 4.79 Å². The lowest BCUT2D eigenvalue weighted by Crippen LogP contribution is -2.12. The monoisotopic (exact) mass is 351 g/mol. The van der Waals surface area contributed by atoms with E-state index in [9.17, 15) is 4.79 Å². The number of hydrogen-bond donors (Lipinski definition) is 0. The highest BCUT2D eigenvalue weighted by molar-refractivity contribution is 7.13. The number of aromatic nitrogens is 1. The molecule has 5 heteroatoms. The highest BCUT2D eigenvalue weighted by Crippen LogP contribution is 2.29. The number of carbonyl (C=O) groups excluding carboxylic acids is 1. The highest BCUT2D eigenvalue weighted by atomic mass is 32.1. The van der Waals surface area contributed by atoms with Crippen molar-refractivity contribution in [2.45, 2.75) is 19.8 Å². The number of benzene rings is 1. The number of rotatable bonds is 3. The molecule has 0 saturated heterocycles. The lowest BCUT2D eigenvalue weighted by Gasteiger charge is -2.17. The predicted octanol–water partition coefficient (Wildman–Crippen LogP) is 4.66. The molecule has 1 aliphatic heterocycles. The van der Waals surface area contributed by atoms with E-state index >= 15 is 0 Å². The van der Waals surface area contributed by atoms with Gasteiger partial charge >= 0.3 is 5.97 Å². The average Bonchev–Trinajstić information content (AvgIpc) is 3.16. The number of nitrogens with zero attached hydrogens (tertiary/aromatic N) is 1. The van der Waals surface area contributed by atoms with E-state index in [1.807, 2.05) is 42.6 Å². The number of fused-ring (bicyclic) bond motifs is 1. The molecular weight excluding hydrogens is 334 g/mol. The van der Waals surface area contributed by atoms with Crippen LogP contribution in [-0.2, 0) is 6.42 Å². The minimum absolute atomic E-state index is 0.389. The Hall–Kier alpha value is -2.66. The highest BCUT2D eigenvalue weighted by Gasteiger charge is 2.16. The van der Waals surface area contributed by atoms with Crippen molar-refractivity contribution in [1.29, 1.82) is 0 Å². The molecule has 0 fully saturated rings. The van der Waals surface area contributed by atoms with Crippen LogP contribution in [0.15, 0.2) is 47.8 Å². The zero-order valence-electron chi connectivity index (χ0n) is 13.8. The minimum atomic E-state index is -0.389. The predicted molar refractivity (Wildman–Crippen MR) is 97.5 cm³/mol. The van der Waals surface area contributed by atoms with Gasteiger partial charge in [0.1, 0.15) is 11.5 Å². The third-order valence-electron chi connectivity index (χ3n) is 4.17. The first-order valence-corrected chi connectivity index (χ1v) is 9.08. The fourth-order valence-electron chi connectivity index (χ4n) is 2.90. The van der Waals surface area contributed by atoms with E-state index in [1.54, 1.807) is 23.5 Å². The van der Waals surface area contributed by atoms with Crippen molar-refractivity contribution in [3.8, 4) is 22.1 Å². The third-order valence-corrected chi connectivity index (χ3v) is 5.06. The van der Waals surface area contributed by atoms with E-state index in [-0.39, 0.29) is 5.97 Å². The van der Waals surface area contributed by atoms with Crippen LogP contribution in [0.4, 0.5) is 0 Å². The molecule has 1 aromatic carbocycles. The molecule has 0 unspecified atom stereocenters. The van der Waals surface area contributed by atoms with Crippen LogP contribution in [0.1, 0.15) is 28.0 Å². The summed E-state index contributed by atoms with van der Waals surface area (Å²) in [7, 11) is 0. The maximum atomic E-state index is 12.5. The molecular formula is C20H17NO3S. The Morgan fingerprint density at radius 3 is 2.96 bits per heavy atom. The van der Waals surface area contributed by atoms with Crippen molar-refractivity contribution in [3.05, 3.63) is 64.7 Å². The van der Waals surface area contributed by atoms with Gasteiger partial charge in [-0.2, -0.15) is 0 Å². The second-order valence-electron chi connectivity index (χ2n) is 5.92. The number of pyridine rings is 1. The van der Waals surface area contributed by atoms with Crippen molar-refractivity contribution >= 4 is 17.3 Å². The van der Waals surface area contributed by atoms with Gasteiger partial charge in [0, 0.05) is 0 Å². The molecule has 4 nitrogen and oxygen atoms in total. The topological polar surface area (TPSA) is 48.4 Å². The fourth-order valence-corrected chi connectivity index (χ4v) is 3.60. The molecule has 3 aromatic rings. The molecule has 1 aliphatic rings. The van der Waals surface area contributed by atoms with Crippen LogP contribution in [0.5, 0.6) is 11.5 Å². The second kappa shape index (κ2) is 6.69. The van der Waals surface area contributed by atoms with Crippen LogP contribution in [0.25, 0.3) is 10.6 Å². The normalized spacial score (nSPS) is 13.0. The summed E-state index contributed by atoms with van der Waals surface area (Å²) in [6.45, 7) is 2.57. The van der Waals surface area contributed by atoms with E-state index in [0.717, 1.165) is 41.3 Å². The van der Waals surface area contributed by atoms with Crippen LogP contribution in [-0.4, -0.2) is 17.6 Å². The fraction of sp³-hybridized carbons (Fsp3) is 0.200. The standard InChI is InChI=1S/C20H17NO3S/c1-13-16(7-8-17(21-13)19-5-3-11-25-19)20(22)24-15-6-9-18-14(12-15)4-2-10-23-18/h3,5-9,11-12H,2,4,10H2,1H3. The lowest BCUT2D eigenvalue weighted by molar-refractivity contribution is 0.0733. The van der Waals surface area contributed by atoms with Gasteiger partial charge in [-0.1, -0.05) is 6.07 Å². The van der Waals surface area contributed by atoms with E-state index < -0.39 is 0 Å². The Kier molecular flexibility index (Phi) is 4.24. The first kappa shape index (κ1) is 15.8. The molecule has 126 valence electrons. The number of ether oxygens (including phenoxy) is 2. The largest absolute Gasteiger partial charge is 0.493 e. The zero-order chi connectivity index (χ0) is 17.2. The molecule has 0 aliphatic carbocycles. The molecule has 0 spiro atoms. The Balaban J connectivity index is 1.55. The SMILES string of the molecule is Cc1nc(-c2cccs2)ccc1C(=O)Oc1ccc2c(c1)CCCO2. The van der Waals surface area contributed by atoms with Gasteiger partial charge in [0.2, 0.25) is 0 Å². The van der Waals surface area contributed by atoms with Gasteiger partial charge in [-0.05, 0) is 67.1 Å². The quantitative estimate of drug-likeness (QED) is 0.508. The Labute approximate surface area is 150 Å². The van der Waals surface area contributed by atoms with Gasteiger partial charge in [0.25, 0.3) is 0 Å². The first-order valence-electron chi connectivity index (χ1n) is 8.20. The minimum Gasteiger partial charge on any atom is -0.493 e. The van der Waals surface area contributed by atoms with Gasteiger partial charge in [0.15, 0.2) is 0 Å². The molecule has 25 heavy (non-hydrogen) atoms. The second-order valence-corrected chi connectivity index (χ2v) is 6.87. The Morgan fingerprint density at radius 1 is 1.24 bits per heavy atom. The molecule has 0 amide bonds. The molecule has 2 aromatic heterocycles. The molecule has 4 rings (SSSR count). The maximum Gasteiger partial charge on any atom is 0.345 e. The molecule has 0 saturated carbocycles. The number of hydrogen-bond acceptors (Lipinski definition) is 5. The van der Waals surface area contributed by atoms with Crippen molar-refractivity contribution in [1.82, 2.24) is 4.98 Å². The van der Waals surface area contributed by atoms with Crippen molar-refractivity contribution < 1.29 is 14.3 Å². The van der Waals surface area contributed by atoms with E-state index in [4.69, 9.17) is 9.47 Å². The number of thiophene rings is 1. The van der Waals surface area contributed by atoms with Crippen LogP contribution in [0.3, 0.4) is 0 Å². The summed E-state index contributed by atoms with van der Waals surface area (Å²) in [4.78, 5) is 18.1. The summed E-state index contributed by atoms with van der Waals surface area (Å²) in [6.07, 6.45) is 1.93. The van der Waals surface area contributed by atoms with Gasteiger partial charge < -0.3 is 9.47 Å². The third kappa shape index (κ3) is 3.28. The molecule has 3 heterocycles. The summed E-state index contributed by atoms with van der Waals surface area (Å²) in [5.74, 6) is 1.03.